The average Bonchev–Trinajstić information content (AvgIpc) is 2.58. The molecule has 0 aliphatic rings. The number of aromatic nitrogens is 2. The van der Waals surface area contributed by atoms with Crippen LogP contribution >= 0.6 is 11.9 Å². The lowest BCUT2D eigenvalue weighted by molar-refractivity contribution is -0.116. The number of hydrogen-bond acceptors (Lipinski definition) is 5. The van der Waals surface area contributed by atoms with E-state index in [0.29, 0.717) is 16.6 Å². The summed E-state index contributed by atoms with van der Waals surface area (Å²) in [5.74, 6) is -0.302. The fourth-order valence-electron chi connectivity index (χ4n) is 2.22. The van der Waals surface area contributed by atoms with Crippen molar-refractivity contribution in [1.29, 1.82) is 0 Å². The highest BCUT2D eigenvalue weighted by atomic mass is 32.2. The van der Waals surface area contributed by atoms with Crippen LogP contribution in [0.4, 0.5) is 5.69 Å². The second-order valence-electron chi connectivity index (χ2n) is 4.89. The molecular weight excluding hydrogens is 312 g/mol. The predicted molar refractivity (Wildman–Crippen MR) is 91.1 cm³/mol. The number of nitrogens with zero attached hydrogens (tertiary/aromatic N) is 2. The maximum atomic E-state index is 12.3. The van der Waals surface area contributed by atoms with Gasteiger partial charge in [-0.25, -0.2) is 4.98 Å². The van der Waals surface area contributed by atoms with Gasteiger partial charge in [-0.3, -0.25) is 19.3 Å². The molecule has 2 aromatic carbocycles. The molecule has 23 heavy (non-hydrogen) atoms. The first kappa shape index (κ1) is 15.3. The molecule has 1 aromatic heterocycles. The second-order valence-corrected chi connectivity index (χ2v) is 5.60. The van der Waals surface area contributed by atoms with Crippen LogP contribution in [0, 0.1) is 0 Å². The highest BCUT2D eigenvalue weighted by Crippen LogP contribution is 2.17. The Kier molecular flexibility index (Phi) is 4.40. The zero-order chi connectivity index (χ0) is 16.2. The maximum Gasteiger partial charge on any atom is 0.261 e. The van der Waals surface area contributed by atoms with Gasteiger partial charge in [0.25, 0.3) is 5.56 Å². The summed E-state index contributed by atoms with van der Waals surface area (Å²) in [5, 5.41) is 8.73. The van der Waals surface area contributed by atoms with Crippen molar-refractivity contribution >= 4 is 34.4 Å². The minimum absolute atomic E-state index is 0.101. The molecule has 7 heteroatoms. The third-order valence-electron chi connectivity index (χ3n) is 3.30. The molecule has 116 valence electrons. The number of fused-ring (bicyclic) bond motifs is 1. The average molecular weight is 326 g/mol. The first-order valence-electron chi connectivity index (χ1n) is 6.88. The van der Waals surface area contributed by atoms with Gasteiger partial charge in [-0.15, -0.1) is 0 Å². The minimum atomic E-state index is -0.302. The van der Waals surface area contributed by atoms with Crippen LogP contribution in [0.15, 0.2) is 64.5 Å². The van der Waals surface area contributed by atoms with Crippen LogP contribution in [-0.4, -0.2) is 15.5 Å². The van der Waals surface area contributed by atoms with Crippen molar-refractivity contribution in [2.75, 3.05) is 5.32 Å². The van der Waals surface area contributed by atoms with E-state index in [4.69, 9.17) is 5.14 Å². The van der Waals surface area contributed by atoms with Gasteiger partial charge in [-0.1, -0.05) is 18.2 Å². The highest BCUT2D eigenvalue weighted by molar-refractivity contribution is 7.97. The lowest BCUT2D eigenvalue weighted by Crippen LogP contribution is -2.27. The molecule has 0 saturated carbocycles. The molecule has 3 aromatic rings. The summed E-state index contributed by atoms with van der Waals surface area (Å²) in [6.07, 6.45) is 1.39. The Morgan fingerprint density at radius 3 is 2.87 bits per heavy atom. The number of para-hydroxylation sites is 1. The van der Waals surface area contributed by atoms with E-state index >= 15 is 0 Å². The predicted octanol–water partition coefficient (Wildman–Crippen LogP) is 2.00. The van der Waals surface area contributed by atoms with Crippen molar-refractivity contribution in [3.05, 3.63) is 65.2 Å². The monoisotopic (exact) mass is 326 g/mol. The lowest BCUT2D eigenvalue weighted by atomic mass is 10.2. The Bertz CT molecular complexity index is 923. The summed E-state index contributed by atoms with van der Waals surface area (Å²) < 4.78 is 1.29. The molecule has 0 spiro atoms. The summed E-state index contributed by atoms with van der Waals surface area (Å²) >= 11 is 1.10. The number of rotatable bonds is 4. The molecule has 3 rings (SSSR count). The van der Waals surface area contributed by atoms with Gasteiger partial charge in [-0.05, 0) is 42.3 Å². The fraction of sp³-hybridized carbons (Fsp3) is 0.0625. The Labute approximate surface area is 136 Å². The Balaban J connectivity index is 1.80. The topological polar surface area (TPSA) is 90.0 Å². The Morgan fingerprint density at radius 1 is 1.22 bits per heavy atom. The Morgan fingerprint density at radius 2 is 2.04 bits per heavy atom. The van der Waals surface area contributed by atoms with Gasteiger partial charge < -0.3 is 5.32 Å². The van der Waals surface area contributed by atoms with E-state index in [1.54, 1.807) is 36.4 Å². The third kappa shape index (κ3) is 3.41. The molecule has 0 saturated heterocycles. The zero-order valence-electron chi connectivity index (χ0n) is 12.1. The van der Waals surface area contributed by atoms with Gasteiger partial charge in [0.05, 0.1) is 17.2 Å². The molecule has 0 bridgehead atoms. The van der Waals surface area contributed by atoms with Gasteiger partial charge in [0.2, 0.25) is 5.91 Å². The normalized spacial score (nSPS) is 10.7. The van der Waals surface area contributed by atoms with Crippen molar-refractivity contribution < 1.29 is 4.79 Å². The molecular formula is C16H14N4O2S. The van der Waals surface area contributed by atoms with Crippen molar-refractivity contribution in [1.82, 2.24) is 9.55 Å². The van der Waals surface area contributed by atoms with E-state index in [9.17, 15) is 9.59 Å². The van der Waals surface area contributed by atoms with Gasteiger partial charge in [-0.2, -0.15) is 0 Å². The summed E-state index contributed by atoms with van der Waals surface area (Å²) in [6, 6.07) is 14.2. The number of hydrogen-bond donors (Lipinski definition) is 2. The Hall–Kier alpha value is -2.64. The largest absolute Gasteiger partial charge is 0.324 e. The summed E-state index contributed by atoms with van der Waals surface area (Å²) in [6.45, 7) is -0.101. The van der Waals surface area contributed by atoms with Crippen molar-refractivity contribution in [2.24, 2.45) is 5.14 Å². The van der Waals surface area contributed by atoms with Crippen LogP contribution in [0.3, 0.4) is 0 Å². The lowest BCUT2D eigenvalue weighted by Gasteiger charge is -2.08. The van der Waals surface area contributed by atoms with Gasteiger partial charge in [0.15, 0.2) is 0 Å². The van der Waals surface area contributed by atoms with E-state index in [1.165, 1.54) is 10.9 Å². The number of carbonyl (C=O) groups is 1. The first-order chi connectivity index (χ1) is 11.2. The van der Waals surface area contributed by atoms with Crippen molar-refractivity contribution in [3.63, 3.8) is 0 Å². The number of amides is 1. The van der Waals surface area contributed by atoms with Crippen molar-refractivity contribution in [3.8, 4) is 0 Å². The van der Waals surface area contributed by atoms with Crippen LogP contribution in [0.1, 0.15) is 0 Å². The summed E-state index contributed by atoms with van der Waals surface area (Å²) in [4.78, 5) is 29.5. The van der Waals surface area contributed by atoms with Gasteiger partial charge in [0.1, 0.15) is 6.54 Å². The van der Waals surface area contributed by atoms with Gasteiger partial charge in [0, 0.05) is 10.6 Å². The zero-order valence-corrected chi connectivity index (χ0v) is 12.9. The highest BCUT2D eigenvalue weighted by Gasteiger charge is 2.08. The fourth-order valence-corrected chi connectivity index (χ4v) is 2.57. The standard InChI is InChI=1S/C16H14N4O2S/c17-23-12-5-3-4-11(8-12)19-15(21)9-20-10-18-14-7-2-1-6-13(14)16(20)22/h1-8,10H,9,17H2,(H,19,21). The maximum absolute atomic E-state index is 12.3. The van der Waals surface area contributed by atoms with E-state index < -0.39 is 0 Å². The van der Waals surface area contributed by atoms with E-state index in [2.05, 4.69) is 10.3 Å². The van der Waals surface area contributed by atoms with Crippen LogP contribution in [-0.2, 0) is 11.3 Å². The molecule has 6 nitrogen and oxygen atoms in total. The summed E-state index contributed by atoms with van der Waals surface area (Å²) in [5.41, 5.74) is 1.01. The smallest absolute Gasteiger partial charge is 0.261 e. The van der Waals surface area contributed by atoms with E-state index in [-0.39, 0.29) is 18.0 Å². The van der Waals surface area contributed by atoms with Crippen LogP contribution < -0.4 is 16.0 Å². The second kappa shape index (κ2) is 6.64. The van der Waals surface area contributed by atoms with E-state index in [0.717, 1.165) is 16.8 Å². The quantitative estimate of drug-likeness (QED) is 0.716. The molecule has 3 N–H and O–H groups in total. The number of anilines is 1. The first-order valence-corrected chi connectivity index (χ1v) is 7.76. The number of nitrogens with two attached hydrogens (primary N) is 1. The van der Waals surface area contributed by atoms with Gasteiger partial charge >= 0.3 is 0 Å². The SMILES string of the molecule is NSc1cccc(NC(=O)Cn2cnc3ccccc3c2=O)c1. The molecule has 0 unspecified atom stereocenters. The summed E-state index contributed by atoms with van der Waals surface area (Å²) in [7, 11) is 0. The molecule has 0 atom stereocenters. The van der Waals surface area contributed by atoms with E-state index in [1.807, 2.05) is 12.1 Å². The van der Waals surface area contributed by atoms with Crippen LogP contribution in [0.2, 0.25) is 0 Å². The molecule has 0 radical (unpaired) electrons. The van der Waals surface area contributed by atoms with Crippen LogP contribution in [0.5, 0.6) is 0 Å². The molecule has 0 aliphatic carbocycles. The van der Waals surface area contributed by atoms with Crippen molar-refractivity contribution in [2.45, 2.75) is 11.4 Å². The molecule has 1 heterocycles. The number of carbonyl (C=O) groups excluding carboxylic acids is 1. The molecule has 0 fully saturated rings. The number of nitrogens with one attached hydrogen (secondary N) is 1. The van der Waals surface area contributed by atoms with Crippen LogP contribution in [0.25, 0.3) is 10.9 Å². The third-order valence-corrected chi connectivity index (χ3v) is 3.83. The minimum Gasteiger partial charge on any atom is -0.324 e. The molecule has 1 amide bonds. The number of benzene rings is 2. The molecule has 0 aliphatic heterocycles.